The van der Waals surface area contributed by atoms with Gasteiger partial charge in [-0.15, -0.1) is 22.7 Å². The van der Waals surface area contributed by atoms with Crippen LogP contribution in [0.5, 0.6) is 0 Å². The molecule has 0 aliphatic heterocycles. The highest BCUT2D eigenvalue weighted by molar-refractivity contribution is 7.14. The molecule has 0 amide bonds. The molecule has 0 radical (unpaired) electrons. The Morgan fingerprint density at radius 3 is 2.93 bits per heavy atom. The number of halogens is 1. The predicted molar refractivity (Wildman–Crippen MR) is 63.5 cm³/mol. The van der Waals surface area contributed by atoms with Crippen LogP contribution in [0, 0.1) is 6.92 Å². The van der Waals surface area contributed by atoms with Crippen LogP contribution in [-0.2, 0) is 6.54 Å². The maximum atomic E-state index is 5.71. The number of thiazole rings is 1. The lowest BCUT2D eigenvalue weighted by molar-refractivity contribution is 1.17. The standard InChI is InChI=1S/C9H9ClN2S2/c1-6-2-3-7(14-6)4-11-9-12-8(10)5-13-9/h2-3,5H,4H2,1H3,(H,11,12). The molecule has 74 valence electrons. The minimum absolute atomic E-state index is 0.555. The summed E-state index contributed by atoms with van der Waals surface area (Å²) in [5, 5.41) is 6.48. The molecule has 0 bridgehead atoms. The molecule has 1 N–H and O–H groups in total. The SMILES string of the molecule is Cc1ccc(CNc2nc(Cl)cs2)s1. The average Bonchev–Trinajstić information content (AvgIpc) is 2.72. The van der Waals surface area contributed by atoms with Gasteiger partial charge >= 0.3 is 0 Å². The molecular formula is C9H9ClN2S2. The molecule has 0 unspecified atom stereocenters. The fourth-order valence-electron chi connectivity index (χ4n) is 1.08. The van der Waals surface area contributed by atoms with E-state index in [4.69, 9.17) is 11.6 Å². The summed E-state index contributed by atoms with van der Waals surface area (Å²) in [5.41, 5.74) is 0. The van der Waals surface area contributed by atoms with Gasteiger partial charge in [-0.2, -0.15) is 0 Å². The highest BCUT2D eigenvalue weighted by atomic mass is 35.5. The van der Waals surface area contributed by atoms with Crippen LogP contribution in [0.25, 0.3) is 0 Å². The van der Waals surface area contributed by atoms with Gasteiger partial charge in [-0.1, -0.05) is 11.6 Å². The molecule has 2 heterocycles. The molecule has 2 aromatic rings. The van der Waals surface area contributed by atoms with Gasteiger partial charge in [0.15, 0.2) is 5.13 Å². The zero-order chi connectivity index (χ0) is 9.97. The molecular weight excluding hydrogens is 236 g/mol. The van der Waals surface area contributed by atoms with Crippen molar-refractivity contribution in [2.45, 2.75) is 13.5 Å². The largest absolute Gasteiger partial charge is 0.357 e. The van der Waals surface area contributed by atoms with E-state index in [1.165, 1.54) is 21.1 Å². The second-order valence-corrected chi connectivity index (χ2v) is 5.46. The summed E-state index contributed by atoms with van der Waals surface area (Å²) in [6.45, 7) is 2.93. The molecule has 2 aromatic heterocycles. The molecule has 2 rings (SSSR count). The van der Waals surface area contributed by atoms with E-state index >= 15 is 0 Å². The smallest absolute Gasteiger partial charge is 0.184 e. The van der Waals surface area contributed by atoms with Crippen LogP contribution in [0.2, 0.25) is 5.15 Å². The van der Waals surface area contributed by atoms with Crippen LogP contribution in [0.15, 0.2) is 17.5 Å². The summed E-state index contributed by atoms with van der Waals surface area (Å²) < 4.78 is 0. The lowest BCUT2D eigenvalue weighted by atomic mass is 10.4. The third kappa shape index (κ3) is 2.47. The molecule has 0 saturated carbocycles. The van der Waals surface area contributed by atoms with Gasteiger partial charge in [0.1, 0.15) is 5.15 Å². The minimum Gasteiger partial charge on any atom is -0.357 e. The van der Waals surface area contributed by atoms with E-state index in [0.29, 0.717) is 5.15 Å². The molecule has 0 aliphatic rings. The normalized spacial score (nSPS) is 10.4. The topological polar surface area (TPSA) is 24.9 Å². The van der Waals surface area contributed by atoms with E-state index in [1.807, 2.05) is 5.38 Å². The Balaban J connectivity index is 1.94. The van der Waals surface area contributed by atoms with Crippen LogP contribution >= 0.6 is 34.3 Å². The first-order chi connectivity index (χ1) is 6.74. The van der Waals surface area contributed by atoms with Crippen LogP contribution in [0.4, 0.5) is 5.13 Å². The minimum atomic E-state index is 0.555. The van der Waals surface area contributed by atoms with Crippen LogP contribution in [0.3, 0.4) is 0 Å². The van der Waals surface area contributed by atoms with Crippen LogP contribution in [-0.4, -0.2) is 4.98 Å². The van der Waals surface area contributed by atoms with Crippen LogP contribution < -0.4 is 5.32 Å². The Kier molecular flexibility index (Phi) is 3.05. The molecule has 0 saturated heterocycles. The van der Waals surface area contributed by atoms with Gasteiger partial charge in [-0.05, 0) is 19.1 Å². The molecule has 0 fully saturated rings. The van der Waals surface area contributed by atoms with Gasteiger partial charge in [0.2, 0.25) is 0 Å². The molecule has 0 atom stereocenters. The van der Waals surface area contributed by atoms with Crippen LogP contribution in [0.1, 0.15) is 9.75 Å². The lowest BCUT2D eigenvalue weighted by Crippen LogP contribution is -1.95. The van der Waals surface area contributed by atoms with Crippen molar-refractivity contribution in [2.24, 2.45) is 0 Å². The number of nitrogens with zero attached hydrogens (tertiary/aromatic N) is 1. The van der Waals surface area contributed by atoms with Crippen molar-refractivity contribution in [1.82, 2.24) is 4.98 Å². The van der Waals surface area contributed by atoms with Gasteiger partial charge in [-0.25, -0.2) is 4.98 Å². The Hall–Kier alpha value is -0.580. The van der Waals surface area contributed by atoms with Crippen molar-refractivity contribution >= 4 is 39.4 Å². The molecule has 5 heteroatoms. The molecule has 0 aromatic carbocycles. The Labute approximate surface area is 95.6 Å². The summed E-state index contributed by atoms with van der Waals surface area (Å²) in [6.07, 6.45) is 0. The van der Waals surface area contributed by atoms with Gasteiger partial charge in [-0.3, -0.25) is 0 Å². The maximum absolute atomic E-state index is 5.71. The summed E-state index contributed by atoms with van der Waals surface area (Å²) in [6, 6.07) is 4.25. The number of hydrogen-bond acceptors (Lipinski definition) is 4. The zero-order valence-corrected chi connectivity index (χ0v) is 9.97. The molecule has 0 spiro atoms. The third-order valence-electron chi connectivity index (χ3n) is 1.69. The summed E-state index contributed by atoms with van der Waals surface area (Å²) in [7, 11) is 0. The fourth-order valence-corrected chi connectivity index (χ4v) is 2.74. The van der Waals surface area contributed by atoms with Gasteiger partial charge < -0.3 is 5.32 Å². The van der Waals surface area contributed by atoms with Gasteiger partial charge in [0.25, 0.3) is 0 Å². The second kappa shape index (κ2) is 4.29. The maximum Gasteiger partial charge on any atom is 0.184 e. The van der Waals surface area contributed by atoms with E-state index in [9.17, 15) is 0 Å². The summed E-state index contributed by atoms with van der Waals surface area (Å²) >= 11 is 9.03. The molecule has 2 nitrogen and oxygen atoms in total. The monoisotopic (exact) mass is 244 g/mol. The van der Waals surface area contributed by atoms with E-state index in [1.54, 1.807) is 11.3 Å². The summed E-state index contributed by atoms with van der Waals surface area (Å²) in [5.74, 6) is 0. The fraction of sp³-hybridized carbons (Fsp3) is 0.222. The van der Waals surface area contributed by atoms with Crippen molar-refractivity contribution in [3.05, 3.63) is 32.4 Å². The number of rotatable bonds is 3. The predicted octanol–water partition coefficient (Wildman–Crippen LogP) is 3.78. The number of aromatic nitrogens is 1. The lowest BCUT2D eigenvalue weighted by Gasteiger charge is -1.98. The Morgan fingerprint density at radius 1 is 1.50 bits per heavy atom. The van der Waals surface area contributed by atoms with Crippen molar-refractivity contribution < 1.29 is 0 Å². The molecule has 14 heavy (non-hydrogen) atoms. The highest BCUT2D eigenvalue weighted by Crippen LogP contribution is 2.21. The molecule has 0 aliphatic carbocycles. The first-order valence-electron chi connectivity index (χ1n) is 4.14. The van der Waals surface area contributed by atoms with Crippen molar-refractivity contribution in [3.63, 3.8) is 0 Å². The number of thiophene rings is 1. The van der Waals surface area contributed by atoms with E-state index in [0.717, 1.165) is 11.7 Å². The summed E-state index contributed by atoms with van der Waals surface area (Å²) in [4.78, 5) is 6.76. The van der Waals surface area contributed by atoms with Gasteiger partial charge in [0, 0.05) is 15.1 Å². The van der Waals surface area contributed by atoms with E-state index in [2.05, 4.69) is 29.4 Å². The average molecular weight is 245 g/mol. The quantitative estimate of drug-likeness (QED) is 0.889. The first kappa shape index (κ1) is 9.96. The number of aryl methyl sites for hydroxylation is 1. The zero-order valence-electron chi connectivity index (χ0n) is 7.58. The first-order valence-corrected chi connectivity index (χ1v) is 6.21. The highest BCUT2D eigenvalue weighted by Gasteiger charge is 2.00. The number of hydrogen-bond donors (Lipinski definition) is 1. The Morgan fingerprint density at radius 2 is 2.36 bits per heavy atom. The Bertz CT molecular complexity index is 382. The number of anilines is 1. The van der Waals surface area contributed by atoms with Crippen molar-refractivity contribution in [1.29, 1.82) is 0 Å². The second-order valence-electron chi connectivity index (χ2n) is 2.84. The van der Waals surface area contributed by atoms with E-state index < -0.39 is 0 Å². The van der Waals surface area contributed by atoms with E-state index in [-0.39, 0.29) is 0 Å². The van der Waals surface area contributed by atoms with Crippen molar-refractivity contribution in [2.75, 3.05) is 5.32 Å². The number of nitrogens with one attached hydrogen (secondary N) is 1. The van der Waals surface area contributed by atoms with Gasteiger partial charge in [0.05, 0.1) is 6.54 Å². The van der Waals surface area contributed by atoms with Crippen molar-refractivity contribution in [3.8, 4) is 0 Å². The third-order valence-corrected chi connectivity index (χ3v) is 3.81.